The Kier molecular flexibility index (Phi) is 8.15. The lowest BCUT2D eigenvalue weighted by Gasteiger charge is -2.26. The van der Waals surface area contributed by atoms with Crippen LogP contribution in [0.1, 0.15) is 44.4 Å². The molecule has 1 aliphatic heterocycles. The van der Waals surface area contributed by atoms with Crippen molar-refractivity contribution in [1.29, 1.82) is 0 Å². The highest BCUT2D eigenvalue weighted by molar-refractivity contribution is 9.10. The fourth-order valence-corrected chi connectivity index (χ4v) is 4.01. The van der Waals surface area contributed by atoms with Crippen LogP contribution in [0.2, 0.25) is 0 Å². The molecule has 1 heterocycles. The lowest BCUT2D eigenvalue weighted by molar-refractivity contribution is -0.140. The number of aromatic hydroxyl groups is 1. The van der Waals surface area contributed by atoms with Crippen molar-refractivity contribution in [3.8, 4) is 11.5 Å². The monoisotopic (exact) mass is 517 g/mol. The van der Waals surface area contributed by atoms with Crippen LogP contribution in [0.15, 0.2) is 52.5 Å². The number of benzene rings is 2. The average molecular weight is 518 g/mol. The van der Waals surface area contributed by atoms with Crippen LogP contribution in [0, 0.1) is 0 Å². The van der Waals surface area contributed by atoms with E-state index in [4.69, 9.17) is 9.47 Å². The van der Waals surface area contributed by atoms with Gasteiger partial charge >= 0.3 is 0 Å². The Balaban J connectivity index is 2.07. The molecule has 0 bridgehead atoms. The summed E-state index contributed by atoms with van der Waals surface area (Å²) in [5.74, 6) is -1.49. The average Bonchev–Trinajstić information content (AvgIpc) is 3.03. The Morgan fingerprint density at radius 3 is 2.48 bits per heavy atom. The van der Waals surface area contributed by atoms with E-state index in [-0.39, 0.29) is 35.5 Å². The third kappa shape index (κ3) is 5.57. The van der Waals surface area contributed by atoms with Crippen molar-refractivity contribution in [2.45, 2.75) is 39.3 Å². The van der Waals surface area contributed by atoms with E-state index in [9.17, 15) is 19.8 Å². The number of Topliss-reactive ketones (excluding diaryl/α,β-unsaturated/α-hetero) is 1. The summed E-state index contributed by atoms with van der Waals surface area (Å²) < 4.78 is 11.9. The number of rotatable bonds is 9. The van der Waals surface area contributed by atoms with Gasteiger partial charge in [-0.25, -0.2) is 0 Å². The molecule has 2 aromatic rings. The van der Waals surface area contributed by atoms with Gasteiger partial charge < -0.3 is 24.6 Å². The number of carbonyl (C=O) groups is 2. The Morgan fingerprint density at radius 2 is 1.85 bits per heavy atom. The van der Waals surface area contributed by atoms with Crippen LogP contribution < -0.4 is 4.74 Å². The molecule has 0 aromatic heterocycles. The number of amides is 1. The number of phenols is 1. The molecule has 1 atom stereocenters. The zero-order valence-corrected chi connectivity index (χ0v) is 20.5. The largest absolute Gasteiger partial charge is 0.507 e. The van der Waals surface area contributed by atoms with Gasteiger partial charge in [-0.3, -0.25) is 9.59 Å². The molecule has 8 heteroatoms. The van der Waals surface area contributed by atoms with Crippen LogP contribution >= 0.6 is 15.9 Å². The van der Waals surface area contributed by atoms with Crippen molar-refractivity contribution in [3.05, 3.63) is 63.6 Å². The molecule has 1 amide bonds. The summed E-state index contributed by atoms with van der Waals surface area (Å²) in [7, 11) is 0. The molecule has 176 valence electrons. The Hall–Kier alpha value is -2.84. The van der Waals surface area contributed by atoms with Crippen molar-refractivity contribution >= 4 is 33.4 Å². The van der Waals surface area contributed by atoms with E-state index >= 15 is 0 Å². The SMILES string of the molecule is CCOc1cc([C@H]2C(=C(O)c3ccc(Br)cc3)C(=O)C(=O)N2CCCOC(C)C)ccc1O. The van der Waals surface area contributed by atoms with Gasteiger partial charge in [-0.15, -0.1) is 0 Å². The molecule has 0 unspecified atom stereocenters. The standard InChI is InChI=1S/C25H28BrNO6/c1-4-32-20-14-17(8-11-19(20)28)22-21(23(29)16-6-9-18(26)10-7-16)24(30)25(31)27(22)12-5-13-33-15(2)3/h6-11,14-15,22,28-29H,4-5,12-13H2,1-3H3/t22-/m0/s1. The van der Waals surface area contributed by atoms with Crippen molar-refractivity contribution in [3.63, 3.8) is 0 Å². The summed E-state index contributed by atoms with van der Waals surface area (Å²) in [6, 6.07) is 10.7. The summed E-state index contributed by atoms with van der Waals surface area (Å²) in [5.41, 5.74) is 0.979. The Bertz CT molecular complexity index is 1050. The normalized spacial score (nSPS) is 17.7. The molecule has 2 N–H and O–H groups in total. The number of aliphatic hydroxyl groups is 1. The summed E-state index contributed by atoms with van der Waals surface area (Å²) in [6.45, 7) is 6.68. The molecular weight excluding hydrogens is 490 g/mol. The number of phenolic OH excluding ortho intramolecular Hbond substituents is 1. The second-order valence-corrected chi connectivity index (χ2v) is 8.85. The topological polar surface area (TPSA) is 96.3 Å². The molecule has 33 heavy (non-hydrogen) atoms. The second-order valence-electron chi connectivity index (χ2n) is 7.93. The van der Waals surface area contributed by atoms with Gasteiger partial charge in [0, 0.05) is 23.2 Å². The van der Waals surface area contributed by atoms with Crippen molar-refractivity contribution in [2.24, 2.45) is 0 Å². The van der Waals surface area contributed by atoms with E-state index in [2.05, 4.69) is 15.9 Å². The number of hydrogen-bond donors (Lipinski definition) is 2. The minimum absolute atomic E-state index is 0.000221. The van der Waals surface area contributed by atoms with E-state index in [0.717, 1.165) is 4.47 Å². The third-order valence-corrected chi connectivity index (χ3v) is 5.78. The predicted molar refractivity (Wildman–Crippen MR) is 128 cm³/mol. The maximum atomic E-state index is 13.1. The molecular formula is C25H28BrNO6. The lowest BCUT2D eigenvalue weighted by Crippen LogP contribution is -2.31. The molecule has 1 saturated heterocycles. The molecule has 2 aromatic carbocycles. The number of ether oxygens (including phenoxy) is 2. The number of carbonyl (C=O) groups excluding carboxylic acids is 2. The fourth-order valence-electron chi connectivity index (χ4n) is 3.75. The highest BCUT2D eigenvalue weighted by Gasteiger charge is 2.46. The molecule has 0 saturated carbocycles. The smallest absolute Gasteiger partial charge is 0.295 e. The number of likely N-dealkylation sites (tertiary alicyclic amines) is 1. The van der Waals surface area contributed by atoms with E-state index < -0.39 is 17.7 Å². The molecule has 7 nitrogen and oxygen atoms in total. The molecule has 0 radical (unpaired) electrons. The summed E-state index contributed by atoms with van der Waals surface area (Å²) in [5, 5.41) is 21.2. The Labute approximate surface area is 201 Å². The van der Waals surface area contributed by atoms with E-state index in [1.54, 1.807) is 43.3 Å². The van der Waals surface area contributed by atoms with Gasteiger partial charge in [0.25, 0.3) is 11.7 Å². The van der Waals surface area contributed by atoms with Crippen LogP contribution in [-0.4, -0.2) is 52.7 Å². The van der Waals surface area contributed by atoms with Gasteiger partial charge in [0.1, 0.15) is 5.76 Å². The van der Waals surface area contributed by atoms with Gasteiger partial charge in [0.2, 0.25) is 0 Å². The number of nitrogens with zero attached hydrogens (tertiary/aromatic N) is 1. The Morgan fingerprint density at radius 1 is 1.15 bits per heavy atom. The molecule has 0 aliphatic carbocycles. The van der Waals surface area contributed by atoms with E-state index in [0.29, 0.717) is 30.8 Å². The van der Waals surface area contributed by atoms with Crippen LogP contribution in [0.25, 0.3) is 5.76 Å². The zero-order valence-electron chi connectivity index (χ0n) is 18.9. The predicted octanol–water partition coefficient (Wildman–Crippen LogP) is 4.79. The maximum absolute atomic E-state index is 13.1. The minimum Gasteiger partial charge on any atom is -0.507 e. The number of hydrogen-bond acceptors (Lipinski definition) is 6. The highest BCUT2D eigenvalue weighted by Crippen LogP contribution is 2.42. The minimum atomic E-state index is -0.826. The van der Waals surface area contributed by atoms with Gasteiger partial charge in [-0.2, -0.15) is 0 Å². The first kappa shape index (κ1) is 24.8. The molecule has 1 aliphatic rings. The number of aliphatic hydroxyl groups excluding tert-OH is 1. The molecule has 0 spiro atoms. The van der Waals surface area contributed by atoms with Crippen molar-refractivity contribution in [1.82, 2.24) is 4.90 Å². The molecule has 1 fully saturated rings. The molecule has 3 rings (SSSR count). The first-order chi connectivity index (χ1) is 15.7. The maximum Gasteiger partial charge on any atom is 0.295 e. The quantitative estimate of drug-likeness (QED) is 0.215. The van der Waals surface area contributed by atoms with Crippen molar-refractivity contribution < 1.29 is 29.3 Å². The summed E-state index contributed by atoms with van der Waals surface area (Å²) >= 11 is 3.36. The summed E-state index contributed by atoms with van der Waals surface area (Å²) in [4.78, 5) is 27.5. The number of halogens is 1. The van der Waals surface area contributed by atoms with Crippen molar-refractivity contribution in [2.75, 3.05) is 19.8 Å². The van der Waals surface area contributed by atoms with E-state index in [1.807, 2.05) is 13.8 Å². The van der Waals surface area contributed by atoms with E-state index in [1.165, 1.54) is 11.0 Å². The highest BCUT2D eigenvalue weighted by atomic mass is 79.9. The van der Waals surface area contributed by atoms with Crippen LogP contribution in [0.4, 0.5) is 0 Å². The number of ketones is 1. The van der Waals surface area contributed by atoms with Gasteiger partial charge in [-0.1, -0.05) is 34.1 Å². The van der Waals surface area contributed by atoms with Crippen LogP contribution in [0.3, 0.4) is 0 Å². The fraction of sp³-hybridized carbons (Fsp3) is 0.360. The lowest BCUT2D eigenvalue weighted by atomic mass is 9.95. The summed E-state index contributed by atoms with van der Waals surface area (Å²) in [6.07, 6.45) is 0.579. The van der Waals surface area contributed by atoms with Crippen LogP contribution in [0.5, 0.6) is 11.5 Å². The van der Waals surface area contributed by atoms with Gasteiger partial charge in [0.15, 0.2) is 11.5 Å². The van der Waals surface area contributed by atoms with Gasteiger partial charge in [-0.05, 0) is 57.0 Å². The second kappa shape index (κ2) is 10.9. The first-order valence-corrected chi connectivity index (χ1v) is 11.7. The third-order valence-electron chi connectivity index (χ3n) is 5.25. The first-order valence-electron chi connectivity index (χ1n) is 10.9. The van der Waals surface area contributed by atoms with Crippen LogP contribution in [-0.2, 0) is 14.3 Å². The van der Waals surface area contributed by atoms with Gasteiger partial charge in [0.05, 0.1) is 24.3 Å². The zero-order chi connectivity index (χ0) is 24.1.